The van der Waals surface area contributed by atoms with Gasteiger partial charge in [0.2, 0.25) is 0 Å². The molecule has 0 saturated carbocycles. The molecule has 154 valence electrons. The first kappa shape index (κ1) is 20.8. The summed E-state index contributed by atoms with van der Waals surface area (Å²) in [5.74, 6) is 1.29. The zero-order valence-electron chi connectivity index (χ0n) is 17.0. The first-order valence-corrected chi connectivity index (χ1v) is 10.9. The summed E-state index contributed by atoms with van der Waals surface area (Å²) in [4.78, 5) is 13.5. The molecule has 1 saturated heterocycles. The molecule has 4 heterocycles. The Bertz CT molecular complexity index is 1150. The van der Waals surface area contributed by atoms with Crippen LogP contribution in [0.2, 0.25) is 0 Å². The second kappa shape index (κ2) is 9.57. The summed E-state index contributed by atoms with van der Waals surface area (Å²) in [7, 11) is 1.72. The van der Waals surface area contributed by atoms with Gasteiger partial charge in [-0.1, -0.05) is 23.9 Å². The Morgan fingerprint density at radius 2 is 2.03 bits per heavy atom. The summed E-state index contributed by atoms with van der Waals surface area (Å²) in [5.41, 5.74) is 3.82. The third kappa shape index (κ3) is 4.36. The van der Waals surface area contributed by atoms with Crippen molar-refractivity contribution in [3.8, 4) is 23.3 Å². The van der Waals surface area contributed by atoms with E-state index in [9.17, 15) is 10.5 Å². The van der Waals surface area contributed by atoms with Gasteiger partial charge in [-0.05, 0) is 24.6 Å². The Hall–Kier alpha value is -3.46. The normalized spacial score (nSPS) is 15.3. The smallest absolute Gasteiger partial charge is 0.145 e. The zero-order chi connectivity index (χ0) is 21.6. The lowest BCUT2D eigenvalue weighted by Gasteiger charge is -2.15. The second-order valence-corrected chi connectivity index (χ2v) is 7.97. The predicted molar refractivity (Wildman–Crippen MR) is 118 cm³/mol. The summed E-state index contributed by atoms with van der Waals surface area (Å²) in [6.07, 6.45) is 4.42. The van der Waals surface area contributed by atoms with E-state index in [0.29, 0.717) is 45.5 Å². The van der Waals surface area contributed by atoms with Crippen LogP contribution in [-0.2, 0) is 10.5 Å². The Kier molecular flexibility index (Phi) is 6.42. The van der Waals surface area contributed by atoms with Gasteiger partial charge >= 0.3 is 0 Å². The van der Waals surface area contributed by atoms with Gasteiger partial charge in [0.25, 0.3) is 0 Å². The quantitative estimate of drug-likeness (QED) is 0.584. The van der Waals surface area contributed by atoms with Crippen molar-refractivity contribution in [2.45, 2.75) is 23.1 Å². The number of hydrogen-bond donors (Lipinski definition) is 1. The molecule has 0 spiro atoms. The van der Waals surface area contributed by atoms with Crippen LogP contribution < -0.4 is 5.32 Å². The molecule has 3 aromatic rings. The fraction of sp³-hybridized carbons (Fsp3) is 0.261. The van der Waals surface area contributed by atoms with Gasteiger partial charge in [-0.3, -0.25) is 9.97 Å². The Morgan fingerprint density at radius 3 is 2.65 bits per heavy atom. The minimum atomic E-state index is 0.287. The number of nitriles is 2. The van der Waals surface area contributed by atoms with Crippen LogP contribution in [0.4, 0.5) is 5.82 Å². The van der Waals surface area contributed by atoms with Crippen LogP contribution in [0.3, 0.4) is 0 Å². The summed E-state index contributed by atoms with van der Waals surface area (Å²) < 4.78 is 5.46. The minimum absolute atomic E-state index is 0.287. The number of ether oxygens (including phenoxy) is 1. The molecule has 1 fully saturated rings. The van der Waals surface area contributed by atoms with Gasteiger partial charge in [0.05, 0.1) is 17.9 Å². The number of nitrogens with zero attached hydrogens (tertiary/aromatic N) is 5. The van der Waals surface area contributed by atoms with Gasteiger partial charge in [0.1, 0.15) is 28.5 Å². The van der Waals surface area contributed by atoms with E-state index < -0.39 is 0 Å². The fourth-order valence-electron chi connectivity index (χ4n) is 3.54. The molecule has 3 aromatic heterocycles. The van der Waals surface area contributed by atoms with Crippen LogP contribution in [0.25, 0.3) is 11.1 Å². The molecule has 0 amide bonds. The van der Waals surface area contributed by atoms with Crippen LogP contribution >= 0.6 is 11.8 Å². The lowest BCUT2D eigenvalue weighted by molar-refractivity contribution is 0.193. The van der Waals surface area contributed by atoms with Gasteiger partial charge in [-0.2, -0.15) is 10.5 Å². The summed E-state index contributed by atoms with van der Waals surface area (Å²) >= 11 is 1.42. The first-order chi connectivity index (χ1) is 15.2. The largest absolute Gasteiger partial charge is 0.381 e. The molecule has 7 nitrogen and oxygen atoms in total. The molecule has 4 rings (SSSR count). The maximum atomic E-state index is 9.98. The van der Waals surface area contributed by atoms with E-state index >= 15 is 0 Å². The molecular formula is C23H20N6OS. The van der Waals surface area contributed by atoms with Crippen molar-refractivity contribution in [3.63, 3.8) is 0 Å². The van der Waals surface area contributed by atoms with Crippen molar-refractivity contribution >= 4 is 17.6 Å². The van der Waals surface area contributed by atoms with Gasteiger partial charge in [0.15, 0.2) is 0 Å². The van der Waals surface area contributed by atoms with Crippen LogP contribution in [-0.4, -0.2) is 35.2 Å². The van der Waals surface area contributed by atoms with E-state index in [-0.39, 0.29) is 5.92 Å². The number of hydrogen-bond acceptors (Lipinski definition) is 8. The van der Waals surface area contributed by atoms with Gasteiger partial charge in [0, 0.05) is 54.5 Å². The van der Waals surface area contributed by atoms with E-state index in [1.54, 1.807) is 19.4 Å². The SMILES string of the molecule is CNc1nc(SCc2ccccn2)c(C#N)c(-c2ccc([C@H]3CCOC3)nc2)c1C#N. The predicted octanol–water partition coefficient (Wildman–Crippen LogP) is 4.12. The van der Waals surface area contributed by atoms with Crippen molar-refractivity contribution in [2.24, 2.45) is 0 Å². The number of thioether (sulfide) groups is 1. The Balaban J connectivity index is 1.76. The fourth-order valence-corrected chi connectivity index (χ4v) is 4.44. The van der Waals surface area contributed by atoms with Gasteiger partial charge in [-0.25, -0.2) is 4.98 Å². The second-order valence-electron chi connectivity index (χ2n) is 7.01. The van der Waals surface area contributed by atoms with E-state index in [2.05, 4.69) is 32.4 Å². The lowest BCUT2D eigenvalue weighted by atomic mass is 9.96. The molecule has 0 aliphatic carbocycles. The van der Waals surface area contributed by atoms with Gasteiger partial charge in [-0.15, -0.1) is 0 Å². The first-order valence-electron chi connectivity index (χ1n) is 9.87. The number of pyridine rings is 3. The highest BCUT2D eigenvalue weighted by molar-refractivity contribution is 7.98. The molecule has 1 N–H and O–H groups in total. The molecule has 0 unspecified atom stereocenters. The third-order valence-corrected chi connectivity index (χ3v) is 6.14. The molecule has 0 radical (unpaired) electrons. The van der Waals surface area contributed by atoms with Gasteiger partial charge < -0.3 is 10.1 Å². The minimum Gasteiger partial charge on any atom is -0.381 e. The van der Waals surface area contributed by atoms with Crippen molar-refractivity contribution < 1.29 is 4.74 Å². The molecule has 0 aromatic carbocycles. The lowest BCUT2D eigenvalue weighted by Crippen LogP contribution is -2.05. The molecule has 1 aliphatic heterocycles. The van der Waals surface area contributed by atoms with Crippen LogP contribution in [0.5, 0.6) is 0 Å². The van der Waals surface area contributed by atoms with E-state index in [1.807, 2.05) is 30.3 Å². The molecule has 31 heavy (non-hydrogen) atoms. The Labute approximate surface area is 185 Å². The van der Waals surface area contributed by atoms with Crippen LogP contribution in [0.1, 0.15) is 34.9 Å². The Morgan fingerprint density at radius 1 is 1.16 bits per heavy atom. The van der Waals surface area contributed by atoms with Crippen molar-refractivity contribution in [3.05, 3.63) is 65.2 Å². The average molecular weight is 429 g/mol. The van der Waals surface area contributed by atoms with Crippen LogP contribution in [0.15, 0.2) is 47.8 Å². The highest BCUT2D eigenvalue weighted by Crippen LogP contribution is 2.37. The molecule has 1 aliphatic rings. The molecular weight excluding hydrogens is 408 g/mol. The maximum absolute atomic E-state index is 9.98. The van der Waals surface area contributed by atoms with E-state index in [4.69, 9.17) is 4.74 Å². The topological polar surface area (TPSA) is 108 Å². The highest BCUT2D eigenvalue weighted by atomic mass is 32.2. The third-order valence-electron chi connectivity index (χ3n) is 5.13. The molecule has 0 bridgehead atoms. The van der Waals surface area contributed by atoms with Crippen molar-refractivity contribution in [1.29, 1.82) is 10.5 Å². The number of nitrogens with one attached hydrogen (secondary N) is 1. The van der Waals surface area contributed by atoms with E-state index in [0.717, 1.165) is 24.4 Å². The van der Waals surface area contributed by atoms with Crippen LogP contribution in [0, 0.1) is 22.7 Å². The molecule has 8 heteroatoms. The number of rotatable bonds is 6. The zero-order valence-corrected chi connectivity index (χ0v) is 17.8. The highest BCUT2D eigenvalue weighted by Gasteiger charge is 2.23. The molecule has 1 atom stereocenters. The number of anilines is 1. The van der Waals surface area contributed by atoms with E-state index in [1.165, 1.54) is 11.8 Å². The van der Waals surface area contributed by atoms with Crippen molar-refractivity contribution in [1.82, 2.24) is 15.0 Å². The van der Waals surface area contributed by atoms with Crippen molar-refractivity contribution in [2.75, 3.05) is 25.6 Å². The number of aromatic nitrogens is 3. The summed E-state index contributed by atoms with van der Waals surface area (Å²) in [5, 5.41) is 23.4. The summed E-state index contributed by atoms with van der Waals surface area (Å²) in [6, 6.07) is 14.1. The monoisotopic (exact) mass is 428 g/mol. The average Bonchev–Trinajstić information content (AvgIpc) is 3.37. The summed E-state index contributed by atoms with van der Waals surface area (Å²) in [6.45, 7) is 1.42. The maximum Gasteiger partial charge on any atom is 0.145 e. The standard InChI is InChI=1S/C23H20N6OS/c1-26-22-18(10-24)21(15-5-6-20(28-12-15)16-7-9-30-13-16)19(11-25)23(29-22)31-14-17-4-2-3-8-27-17/h2-6,8,12,16H,7,9,13-14H2,1H3,(H,26,29)/t16-/m0/s1.